The van der Waals surface area contributed by atoms with Crippen LogP contribution in [0.2, 0.25) is 0 Å². The van der Waals surface area contributed by atoms with E-state index in [9.17, 15) is 9.59 Å². The quantitative estimate of drug-likeness (QED) is 0.619. The van der Waals surface area contributed by atoms with Gasteiger partial charge in [0, 0.05) is 24.2 Å². The van der Waals surface area contributed by atoms with Crippen molar-refractivity contribution in [3.8, 4) is 5.75 Å². The Labute approximate surface area is 161 Å². The Balaban J connectivity index is 1.59. The van der Waals surface area contributed by atoms with Crippen LogP contribution in [0.3, 0.4) is 0 Å². The number of hydrogen-bond donors (Lipinski definition) is 2. The van der Waals surface area contributed by atoms with Gasteiger partial charge in [0.2, 0.25) is 11.8 Å². The molecule has 0 saturated carbocycles. The van der Waals surface area contributed by atoms with Gasteiger partial charge >= 0.3 is 0 Å². The monoisotopic (exact) mass is 374 g/mol. The molecule has 0 spiro atoms. The van der Waals surface area contributed by atoms with Crippen molar-refractivity contribution >= 4 is 23.6 Å². The van der Waals surface area contributed by atoms with Crippen LogP contribution < -0.4 is 15.8 Å². The lowest BCUT2D eigenvalue weighted by Gasteiger charge is -2.08. The summed E-state index contributed by atoms with van der Waals surface area (Å²) in [4.78, 5) is 31.3. The molecule has 3 N–H and O–H groups in total. The van der Waals surface area contributed by atoms with Crippen molar-refractivity contribution in [1.82, 2.24) is 9.97 Å². The summed E-state index contributed by atoms with van der Waals surface area (Å²) in [6, 6.07) is 14.3. The van der Waals surface area contributed by atoms with E-state index in [-0.39, 0.29) is 18.1 Å². The zero-order valence-corrected chi connectivity index (χ0v) is 14.9. The number of aromatic nitrogens is 2. The molecular weight excluding hydrogens is 356 g/mol. The summed E-state index contributed by atoms with van der Waals surface area (Å²) in [5, 5.41) is 2.79. The fourth-order valence-electron chi connectivity index (χ4n) is 2.36. The van der Waals surface area contributed by atoms with Crippen molar-refractivity contribution in [2.24, 2.45) is 5.73 Å². The van der Waals surface area contributed by atoms with Gasteiger partial charge in [-0.25, -0.2) is 0 Å². The van der Waals surface area contributed by atoms with Crippen molar-refractivity contribution in [2.75, 3.05) is 5.32 Å². The minimum absolute atomic E-state index is 0.247. The third-order valence-electron chi connectivity index (χ3n) is 3.69. The van der Waals surface area contributed by atoms with Crippen molar-refractivity contribution in [1.29, 1.82) is 0 Å². The lowest BCUT2D eigenvalue weighted by molar-refractivity contribution is -0.111. The molecule has 0 bridgehead atoms. The Hall–Kier alpha value is -4.00. The topological polar surface area (TPSA) is 107 Å². The Morgan fingerprint density at radius 2 is 2.00 bits per heavy atom. The smallest absolute Gasteiger partial charge is 0.250 e. The van der Waals surface area contributed by atoms with Gasteiger partial charge in [-0.1, -0.05) is 18.2 Å². The number of primary amides is 1. The molecule has 140 valence electrons. The van der Waals surface area contributed by atoms with Crippen molar-refractivity contribution in [3.63, 3.8) is 0 Å². The average molecular weight is 374 g/mol. The Morgan fingerprint density at radius 3 is 2.79 bits per heavy atom. The van der Waals surface area contributed by atoms with Crippen molar-refractivity contribution < 1.29 is 14.3 Å². The molecule has 0 fully saturated rings. The van der Waals surface area contributed by atoms with E-state index in [0.29, 0.717) is 17.1 Å². The summed E-state index contributed by atoms with van der Waals surface area (Å²) < 4.78 is 5.64. The molecule has 2 aromatic heterocycles. The highest BCUT2D eigenvalue weighted by atomic mass is 16.5. The first kappa shape index (κ1) is 18.8. The minimum atomic E-state index is -0.568. The number of amides is 2. The maximum Gasteiger partial charge on any atom is 0.250 e. The SMILES string of the molecule is NC(=O)c1cncc(OCc2cccc(NC(=O)C=Cc3ccccn3)c2)c1. The number of carbonyl (C=O) groups is 2. The molecule has 0 aliphatic rings. The fourth-order valence-corrected chi connectivity index (χ4v) is 2.36. The van der Waals surface area contributed by atoms with Gasteiger partial charge in [-0.05, 0) is 42.0 Å². The Bertz CT molecular complexity index is 1000. The van der Waals surface area contributed by atoms with E-state index in [0.717, 1.165) is 5.56 Å². The summed E-state index contributed by atoms with van der Waals surface area (Å²) >= 11 is 0. The number of nitrogens with one attached hydrogen (secondary N) is 1. The zero-order chi connectivity index (χ0) is 19.8. The Morgan fingerprint density at radius 1 is 1.11 bits per heavy atom. The lowest BCUT2D eigenvalue weighted by Crippen LogP contribution is -2.11. The first-order chi connectivity index (χ1) is 13.6. The van der Waals surface area contributed by atoms with Crippen LogP contribution >= 0.6 is 0 Å². The molecule has 3 rings (SSSR count). The van der Waals surface area contributed by atoms with Crippen LogP contribution in [0.4, 0.5) is 5.69 Å². The highest BCUT2D eigenvalue weighted by Crippen LogP contribution is 2.16. The lowest BCUT2D eigenvalue weighted by atomic mass is 10.2. The summed E-state index contributed by atoms with van der Waals surface area (Å²) in [6.45, 7) is 0.247. The van der Waals surface area contributed by atoms with Crippen molar-refractivity contribution in [3.05, 3.63) is 90.0 Å². The second-order valence-electron chi connectivity index (χ2n) is 5.84. The second-order valence-corrected chi connectivity index (χ2v) is 5.84. The summed E-state index contributed by atoms with van der Waals surface area (Å²) in [6.07, 6.45) is 7.60. The van der Waals surface area contributed by atoms with Gasteiger partial charge in [0.1, 0.15) is 12.4 Å². The molecule has 3 aromatic rings. The van der Waals surface area contributed by atoms with Crippen LogP contribution in [-0.4, -0.2) is 21.8 Å². The summed E-state index contributed by atoms with van der Waals surface area (Å²) in [5.41, 5.74) is 7.69. The van der Waals surface area contributed by atoms with Gasteiger partial charge in [0.15, 0.2) is 0 Å². The summed E-state index contributed by atoms with van der Waals surface area (Å²) in [5.74, 6) is -0.396. The molecule has 2 amide bonds. The second kappa shape index (κ2) is 9.09. The fraction of sp³-hybridized carbons (Fsp3) is 0.0476. The number of ether oxygens (including phenoxy) is 1. The molecule has 0 aliphatic carbocycles. The number of pyridine rings is 2. The number of nitrogens with two attached hydrogens (primary N) is 1. The molecular formula is C21H18N4O3. The standard InChI is InChI=1S/C21H18N4O3/c22-21(27)16-11-19(13-23-12-16)28-14-15-4-3-6-18(10-15)25-20(26)8-7-17-5-1-2-9-24-17/h1-13H,14H2,(H2,22,27)(H,25,26). The molecule has 0 atom stereocenters. The number of anilines is 1. The van der Waals surface area contributed by atoms with E-state index >= 15 is 0 Å². The number of benzene rings is 1. The van der Waals surface area contributed by atoms with Gasteiger partial charge in [-0.3, -0.25) is 19.6 Å². The number of nitrogens with zero attached hydrogens (tertiary/aromatic N) is 2. The zero-order valence-electron chi connectivity index (χ0n) is 14.9. The molecule has 7 nitrogen and oxygen atoms in total. The van der Waals surface area contributed by atoms with E-state index in [1.807, 2.05) is 30.3 Å². The normalized spacial score (nSPS) is 10.6. The van der Waals surface area contributed by atoms with E-state index in [2.05, 4.69) is 15.3 Å². The molecule has 0 radical (unpaired) electrons. The molecule has 0 aliphatic heterocycles. The van der Waals surface area contributed by atoms with Crippen molar-refractivity contribution in [2.45, 2.75) is 6.61 Å². The van der Waals surface area contributed by atoms with E-state index in [4.69, 9.17) is 10.5 Å². The van der Waals surface area contributed by atoms with Crippen LogP contribution in [-0.2, 0) is 11.4 Å². The van der Waals surface area contributed by atoms with Gasteiger partial charge in [0.25, 0.3) is 0 Å². The van der Waals surface area contributed by atoms with Crippen LogP contribution in [0.15, 0.2) is 73.2 Å². The minimum Gasteiger partial charge on any atom is -0.487 e. The number of carbonyl (C=O) groups excluding carboxylic acids is 2. The highest BCUT2D eigenvalue weighted by molar-refractivity contribution is 6.01. The predicted octanol–water partition coefficient (Wildman–Crippen LogP) is 2.81. The van der Waals surface area contributed by atoms with Gasteiger partial charge < -0.3 is 15.8 Å². The number of rotatable bonds is 7. The van der Waals surface area contributed by atoms with Crippen LogP contribution in [0.25, 0.3) is 6.08 Å². The predicted molar refractivity (Wildman–Crippen MR) is 105 cm³/mol. The van der Waals surface area contributed by atoms with Gasteiger partial charge in [-0.15, -0.1) is 0 Å². The van der Waals surface area contributed by atoms with Crippen LogP contribution in [0, 0.1) is 0 Å². The molecule has 28 heavy (non-hydrogen) atoms. The van der Waals surface area contributed by atoms with E-state index in [1.165, 1.54) is 24.5 Å². The molecule has 1 aromatic carbocycles. The van der Waals surface area contributed by atoms with Gasteiger partial charge in [-0.2, -0.15) is 0 Å². The maximum absolute atomic E-state index is 12.1. The maximum atomic E-state index is 12.1. The molecule has 2 heterocycles. The molecule has 0 unspecified atom stereocenters. The van der Waals surface area contributed by atoms with Crippen LogP contribution in [0.5, 0.6) is 5.75 Å². The first-order valence-electron chi connectivity index (χ1n) is 8.47. The molecule has 7 heteroatoms. The Kier molecular flexibility index (Phi) is 6.10. The third kappa shape index (κ3) is 5.50. The largest absolute Gasteiger partial charge is 0.487 e. The van der Waals surface area contributed by atoms with E-state index < -0.39 is 5.91 Å². The highest BCUT2D eigenvalue weighted by Gasteiger charge is 2.04. The van der Waals surface area contributed by atoms with Crippen LogP contribution in [0.1, 0.15) is 21.6 Å². The average Bonchev–Trinajstić information content (AvgIpc) is 2.72. The first-order valence-corrected chi connectivity index (χ1v) is 8.47. The van der Waals surface area contributed by atoms with Gasteiger partial charge in [0.05, 0.1) is 17.5 Å². The third-order valence-corrected chi connectivity index (χ3v) is 3.69. The molecule has 0 saturated heterocycles. The number of hydrogen-bond acceptors (Lipinski definition) is 5. The summed E-state index contributed by atoms with van der Waals surface area (Å²) in [7, 11) is 0. The van der Waals surface area contributed by atoms with E-state index in [1.54, 1.807) is 24.4 Å².